The fourth-order valence-electron chi connectivity index (χ4n) is 2.54. The van der Waals surface area contributed by atoms with Crippen molar-refractivity contribution >= 4 is 45.9 Å². The van der Waals surface area contributed by atoms with Gasteiger partial charge in [0.25, 0.3) is 0 Å². The molecule has 1 aliphatic heterocycles. The summed E-state index contributed by atoms with van der Waals surface area (Å²) in [7, 11) is -2.86. The van der Waals surface area contributed by atoms with E-state index in [2.05, 4.69) is 25.8 Å². The lowest BCUT2D eigenvalue weighted by Gasteiger charge is -2.28. The number of carbonyl (C=O) groups excluding carboxylic acids is 1. The number of aliphatic imine (C=N–C) groups is 1. The first kappa shape index (κ1) is 28.2. The quantitative estimate of drug-likeness (QED) is 0.250. The van der Waals surface area contributed by atoms with Crippen LogP contribution < -0.4 is 16.0 Å². The molecule has 0 aromatic rings. The molecule has 9 nitrogen and oxygen atoms in total. The zero-order chi connectivity index (χ0) is 21.4. The first-order chi connectivity index (χ1) is 12.8. The van der Waals surface area contributed by atoms with E-state index >= 15 is 0 Å². The molecule has 0 radical (unpaired) electrons. The number of hydrogen-bond donors (Lipinski definition) is 3. The standard InChI is InChI=1S/C18H37N5O4S.HI/c1-7-19-15(20-8-9-23-10-12-28(25,26)13-11-23)21-14-18(5,6)22-16(24)27-17(2,3)4;/h7-14H2,1-6H3,(H,22,24)(H2,19,20,21);1H. The Morgan fingerprint density at radius 2 is 1.69 bits per heavy atom. The van der Waals surface area contributed by atoms with Gasteiger partial charge in [0.2, 0.25) is 0 Å². The van der Waals surface area contributed by atoms with E-state index in [0.29, 0.717) is 38.7 Å². The maximum atomic E-state index is 12.0. The summed E-state index contributed by atoms with van der Waals surface area (Å²) < 4.78 is 28.3. The van der Waals surface area contributed by atoms with Crippen molar-refractivity contribution in [2.75, 3.05) is 50.8 Å². The molecule has 1 amide bonds. The zero-order valence-corrected chi connectivity index (χ0v) is 21.6. The van der Waals surface area contributed by atoms with Crippen molar-refractivity contribution in [2.45, 2.75) is 52.7 Å². The lowest BCUT2D eigenvalue weighted by Crippen LogP contribution is -2.49. The number of ether oxygens (including phenoxy) is 1. The Bertz CT molecular complexity index is 633. The molecule has 11 heteroatoms. The van der Waals surface area contributed by atoms with Gasteiger partial charge in [-0.15, -0.1) is 24.0 Å². The molecule has 172 valence electrons. The fourth-order valence-corrected chi connectivity index (χ4v) is 3.82. The number of rotatable bonds is 7. The van der Waals surface area contributed by atoms with Crippen molar-refractivity contribution in [3.8, 4) is 0 Å². The molecule has 1 saturated heterocycles. The van der Waals surface area contributed by atoms with Crippen molar-refractivity contribution in [1.82, 2.24) is 20.9 Å². The minimum absolute atomic E-state index is 0. The van der Waals surface area contributed by atoms with Gasteiger partial charge in [-0.05, 0) is 41.5 Å². The van der Waals surface area contributed by atoms with Gasteiger partial charge in [-0.2, -0.15) is 0 Å². The fraction of sp³-hybridized carbons (Fsp3) is 0.889. The molecule has 0 saturated carbocycles. The highest BCUT2D eigenvalue weighted by atomic mass is 127. The summed E-state index contributed by atoms with van der Waals surface area (Å²) in [5.41, 5.74) is -1.11. The minimum atomic E-state index is -2.86. The monoisotopic (exact) mass is 547 g/mol. The first-order valence-electron chi connectivity index (χ1n) is 9.78. The zero-order valence-electron chi connectivity index (χ0n) is 18.5. The molecule has 3 N–H and O–H groups in total. The van der Waals surface area contributed by atoms with Gasteiger partial charge in [0.1, 0.15) is 5.60 Å². The van der Waals surface area contributed by atoms with Gasteiger partial charge in [-0.25, -0.2) is 13.2 Å². The van der Waals surface area contributed by atoms with E-state index in [9.17, 15) is 13.2 Å². The molecule has 1 aliphatic rings. The Kier molecular flexibility index (Phi) is 11.8. The first-order valence-corrected chi connectivity index (χ1v) is 11.6. The maximum absolute atomic E-state index is 12.0. The molecule has 0 aliphatic carbocycles. The third-order valence-electron chi connectivity index (χ3n) is 3.97. The third-order valence-corrected chi connectivity index (χ3v) is 5.58. The van der Waals surface area contributed by atoms with E-state index in [1.807, 2.05) is 41.5 Å². The van der Waals surface area contributed by atoms with E-state index in [-0.39, 0.29) is 35.5 Å². The second-order valence-electron chi connectivity index (χ2n) is 8.63. The van der Waals surface area contributed by atoms with Crippen molar-refractivity contribution in [3.63, 3.8) is 0 Å². The summed E-state index contributed by atoms with van der Waals surface area (Å²) in [6.45, 7) is 14.9. The van der Waals surface area contributed by atoms with Crippen molar-refractivity contribution in [3.05, 3.63) is 0 Å². The van der Waals surface area contributed by atoms with Gasteiger partial charge < -0.3 is 20.7 Å². The Morgan fingerprint density at radius 1 is 1.10 bits per heavy atom. The second-order valence-corrected chi connectivity index (χ2v) is 10.9. The van der Waals surface area contributed by atoms with E-state index in [1.165, 1.54) is 0 Å². The van der Waals surface area contributed by atoms with Crippen LogP contribution in [-0.4, -0.2) is 87.3 Å². The van der Waals surface area contributed by atoms with Gasteiger partial charge in [-0.1, -0.05) is 0 Å². The van der Waals surface area contributed by atoms with Gasteiger partial charge >= 0.3 is 6.09 Å². The summed E-state index contributed by atoms with van der Waals surface area (Å²) in [5.74, 6) is 1.11. The van der Waals surface area contributed by atoms with E-state index in [4.69, 9.17) is 4.74 Å². The minimum Gasteiger partial charge on any atom is -0.444 e. The van der Waals surface area contributed by atoms with Crippen LogP contribution >= 0.6 is 24.0 Å². The van der Waals surface area contributed by atoms with E-state index in [0.717, 1.165) is 6.54 Å². The molecular formula is C18H38IN5O4S. The molecule has 0 aromatic heterocycles. The van der Waals surface area contributed by atoms with E-state index in [1.54, 1.807) is 0 Å². The third kappa shape index (κ3) is 13.2. The van der Waals surface area contributed by atoms with Crippen LogP contribution in [0.4, 0.5) is 4.79 Å². The number of guanidine groups is 1. The highest BCUT2D eigenvalue weighted by Crippen LogP contribution is 2.09. The molecular weight excluding hydrogens is 509 g/mol. The number of carbonyl (C=O) groups is 1. The topological polar surface area (TPSA) is 112 Å². The largest absolute Gasteiger partial charge is 0.444 e. The Hall–Kier alpha value is -0.820. The molecule has 29 heavy (non-hydrogen) atoms. The molecule has 0 spiro atoms. The second kappa shape index (κ2) is 12.1. The summed E-state index contributed by atoms with van der Waals surface area (Å²) in [5, 5.41) is 9.27. The number of halogens is 1. The van der Waals surface area contributed by atoms with Crippen LogP contribution in [0.5, 0.6) is 0 Å². The average Bonchev–Trinajstić information content (AvgIpc) is 2.51. The molecule has 0 aromatic carbocycles. The Morgan fingerprint density at radius 3 is 2.21 bits per heavy atom. The number of alkyl carbamates (subject to hydrolysis) is 1. The van der Waals surface area contributed by atoms with Gasteiger partial charge in [0.15, 0.2) is 15.8 Å². The highest BCUT2D eigenvalue weighted by molar-refractivity contribution is 14.0. The van der Waals surface area contributed by atoms with Crippen LogP contribution in [-0.2, 0) is 14.6 Å². The van der Waals surface area contributed by atoms with Crippen molar-refractivity contribution in [1.29, 1.82) is 0 Å². The van der Waals surface area contributed by atoms with Gasteiger partial charge in [-0.3, -0.25) is 9.89 Å². The van der Waals surface area contributed by atoms with Gasteiger partial charge in [0, 0.05) is 32.7 Å². The smallest absolute Gasteiger partial charge is 0.408 e. The van der Waals surface area contributed by atoms with Crippen LogP contribution in [0.3, 0.4) is 0 Å². The molecule has 1 fully saturated rings. The van der Waals surface area contributed by atoms with Crippen LogP contribution in [0.25, 0.3) is 0 Å². The van der Waals surface area contributed by atoms with Gasteiger partial charge in [0.05, 0.1) is 23.6 Å². The van der Waals surface area contributed by atoms with Crippen LogP contribution in [0.1, 0.15) is 41.5 Å². The Balaban J connectivity index is 0.00000784. The van der Waals surface area contributed by atoms with Crippen LogP contribution in [0.15, 0.2) is 4.99 Å². The van der Waals surface area contributed by atoms with Crippen LogP contribution in [0.2, 0.25) is 0 Å². The van der Waals surface area contributed by atoms with Crippen LogP contribution in [0, 0.1) is 0 Å². The number of sulfone groups is 1. The lowest BCUT2D eigenvalue weighted by atomic mass is 10.1. The van der Waals surface area contributed by atoms with Crippen molar-refractivity contribution in [2.24, 2.45) is 4.99 Å². The molecule has 1 rings (SSSR count). The normalized spacial score (nSPS) is 17.8. The molecule has 1 heterocycles. The van der Waals surface area contributed by atoms with E-state index < -0.39 is 27.1 Å². The molecule has 0 bridgehead atoms. The average molecular weight is 548 g/mol. The lowest BCUT2D eigenvalue weighted by molar-refractivity contribution is 0.0476. The summed E-state index contributed by atoms with van der Waals surface area (Å²) in [6.07, 6.45) is -0.467. The summed E-state index contributed by atoms with van der Waals surface area (Å²) in [6, 6.07) is 0. The number of nitrogens with one attached hydrogen (secondary N) is 3. The van der Waals surface area contributed by atoms with Crippen molar-refractivity contribution < 1.29 is 17.9 Å². The summed E-state index contributed by atoms with van der Waals surface area (Å²) >= 11 is 0. The molecule has 0 unspecified atom stereocenters. The predicted molar refractivity (Wildman–Crippen MR) is 128 cm³/mol. The number of amides is 1. The number of hydrogen-bond acceptors (Lipinski definition) is 6. The molecule has 0 atom stereocenters. The SMILES string of the molecule is CCNC(=NCC(C)(C)NC(=O)OC(C)(C)C)NCCN1CCS(=O)(=O)CC1.I. The Labute approximate surface area is 192 Å². The summed E-state index contributed by atoms with van der Waals surface area (Å²) in [4.78, 5) is 18.7. The maximum Gasteiger partial charge on any atom is 0.408 e. The predicted octanol–water partition coefficient (Wildman–Crippen LogP) is 1.19. The number of nitrogens with zero attached hydrogens (tertiary/aromatic N) is 2. The highest BCUT2D eigenvalue weighted by Gasteiger charge is 2.25.